The van der Waals surface area contributed by atoms with Crippen LogP contribution in [0.4, 0.5) is 18.9 Å². The van der Waals surface area contributed by atoms with E-state index in [1.807, 2.05) is 23.1 Å². The molecular formula is C20H21BrF3N3O. The predicted octanol–water partition coefficient (Wildman–Crippen LogP) is 4.22. The fourth-order valence-corrected chi connectivity index (χ4v) is 3.62. The van der Waals surface area contributed by atoms with Gasteiger partial charge in [-0.2, -0.15) is 13.2 Å². The molecule has 0 radical (unpaired) electrons. The van der Waals surface area contributed by atoms with E-state index < -0.39 is 17.6 Å². The fourth-order valence-electron chi connectivity index (χ4n) is 3.21. The van der Waals surface area contributed by atoms with Gasteiger partial charge in [0.15, 0.2) is 0 Å². The van der Waals surface area contributed by atoms with Crippen LogP contribution in [0.25, 0.3) is 0 Å². The smallest absolute Gasteiger partial charge is 0.324 e. The summed E-state index contributed by atoms with van der Waals surface area (Å²) in [5.74, 6) is -0.434. The van der Waals surface area contributed by atoms with Gasteiger partial charge in [-0.3, -0.25) is 14.6 Å². The lowest BCUT2D eigenvalue weighted by Gasteiger charge is -2.34. The highest BCUT2D eigenvalue weighted by atomic mass is 79.9. The van der Waals surface area contributed by atoms with E-state index >= 15 is 0 Å². The normalized spacial score (nSPS) is 16.1. The van der Waals surface area contributed by atoms with Crippen LogP contribution in [-0.4, -0.2) is 48.4 Å². The van der Waals surface area contributed by atoms with Gasteiger partial charge in [0.25, 0.3) is 0 Å². The van der Waals surface area contributed by atoms with Crippen molar-refractivity contribution in [3.05, 3.63) is 64.1 Å². The van der Waals surface area contributed by atoms with E-state index in [-0.39, 0.29) is 12.2 Å². The first-order chi connectivity index (χ1) is 13.3. The molecule has 2 aromatic carbocycles. The molecule has 1 aliphatic heterocycles. The van der Waals surface area contributed by atoms with Crippen LogP contribution < -0.4 is 5.32 Å². The Morgan fingerprint density at radius 1 is 0.964 bits per heavy atom. The molecule has 0 bridgehead atoms. The Kier molecular flexibility index (Phi) is 6.74. The first-order valence-electron chi connectivity index (χ1n) is 8.97. The van der Waals surface area contributed by atoms with Gasteiger partial charge < -0.3 is 5.32 Å². The molecule has 1 aliphatic rings. The maximum atomic E-state index is 13.0. The van der Waals surface area contributed by atoms with Gasteiger partial charge in [-0.15, -0.1) is 0 Å². The molecule has 0 spiro atoms. The summed E-state index contributed by atoms with van der Waals surface area (Å²) in [5, 5.41) is 2.40. The molecule has 1 fully saturated rings. The summed E-state index contributed by atoms with van der Waals surface area (Å²) in [6.45, 7) is 3.88. The number of nitrogens with zero attached hydrogens (tertiary/aromatic N) is 2. The highest BCUT2D eigenvalue weighted by Crippen LogP contribution is 2.34. The van der Waals surface area contributed by atoms with E-state index in [9.17, 15) is 18.0 Å². The van der Waals surface area contributed by atoms with Gasteiger partial charge in [0.1, 0.15) is 0 Å². The summed E-state index contributed by atoms with van der Waals surface area (Å²) < 4.78 is 40.2. The van der Waals surface area contributed by atoms with Gasteiger partial charge in [0.2, 0.25) is 5.91 Å². The molecule has 150 valence electrons. The summed E-state index contributed by atoms with van der Waals surface area (Å²) in [4.78, 5) is 16.5. The topological polar surface area (TPSA) is 35.6 Å². The molecule has 1 amide bonds. The third kappa shape index (κ3) is 5.56. The predicted molar refractivity (Wildman–Crippen MR) is 106 cm³/mol. The second-order valence-corrected chi connectivity index (χ2v) is 7.59. The molecule has 8 heteroatoms. The molecule has 0 unspecified atom stereocenters. The molecular weight excluding hydrogens is 435 g/mol. The molecule has 28 heavy (non-hydrogen) atoms. The second-order valence-electron chi connectivity index (χ2n) is 6.74. The number of halogens is 4. The standard InChI is InChI=1S/C20H21BrF3N3O/c21-17-7-3-1-5-15(17)13-26-9-11-27(12-10-26)14-19(28)25-18-8-4-2-6-16(18)20(22,23)24/h1-8H,9-14H2,(H,25,28). The van der Waals surface area contributed by atoms with Crippen LogP contribution in [0.3, 0.4) is 0 Å². The number of para-hydroxylation sites is 1. The van der Waals surface area contributed by atoms with Crippen LogP contribution >= 0.6 is 15.9 Å². The van der Waals surface area contributed by atoms with Crippen LogP contribution in [-0.2, 0) is 17.5 Å². The van der Waals surface area contributed by atoms with Crippen molar-refractivity contribution in [2.75, 3.05) is 38.0 Å². The maximum Gasteiger partial charge on any atom is 0.418 e. The lowest BCUT2D eigenvalue weighted by atomic mass is 10.1. The van der Waals surface area contributed by atoms with Crippen molar-refractivity contribution in [1.82, 2.24) is 9.80 Å². The number of piperazine rings is 1. The van der Waals surface area contributed by atoms with Crippen LogP contribution in [0.1, 0.15) is 11.1 Å². The zero-order chi connectivity index (χ0) is 20.1. The number of rotatable bonds is 5. The Morgan fingerprint density at radius 2 is 1.57 bits per heavy atom. The zero-order valence-corrected chi connectivity index (χ0v) is 16.8. The average molecular weight is 456 g/mol. The third-order valence-electron chi connectivity index (χ3n) is 4.69. The van der Waals surface area contributed by atoms with Gasteiger partial charge in [-0.25, -0.2) is 0 Å². The summed E-state index contributed by atoms with van der Waals surface area (Å²) in [7, 11) is 0. The molecule has 1 saturated heterocycles. The summed E-state index contributed by atoms with van der Waals surface area (Å²) >= 11 is 3.55. The Hall–Kier alpha value is -1.90. The van der Waals surface area contributed by atoms with Crippen LogP contribution in [0, 0.1) is 0 Å². The Balaban J connectivity index is 1.50. The van der Waals surface area contributed by atoms with Gasteiger partial charge in [0, 0.05) is 37.2 Å². The quantitative estimate of drug-likeness (QED) is 0.732. The number of nitrogens with one attached hydrogen (secondary N) is 1. The summed E-state index contributed by atoms with van der Waals surface area (Å²) in [5.41, 5.74) is 0.173. The maximum absolute atomic E-state index is 13.0. The molecule has 4 nitrogen and oxygen atoms in total. The van der Waals surface area contributed by atoms with Gasteiger partial charge >= 0.3 is 6.18 Å². The molecule has 1 heterocycles. The molecule has 0 saturated carbocycles. The van der Waals surface area contributed by atoms with Crippen LogP contribution in [0.2, 0.25) is 0 Å². The number of hydrogen-bond acceptors (Lipinski definition) is 3. The summed E-state index contributed by atoms with van der Waals surface area (Å²) in [6.07, 6.45) is -4.50. The molecule has 3 rings (SSSR count). The van der Waals surface area contributed by atoms with E-state index in [1.54, 1.807) is 0 Å². The molecule has 0 aliphatic carbocycles. The molecule has 1 N–H and O–H groups in total. The molecule has 0 aromatic heterocycles. The Bertz CT molecular complexity index is 820. The minimum Gasteiger partial charge on any atom is -0.324 e. The monoisotopic (exact) mass is 455 g/mol. The highest BCUT2D eigenvalue weighted by Gasteiger charge is 2.33. The largest absolute Gasteiger partial charge is 0.418 e. The lowest BCUT2D eigenvalue weighted by molar-refractivity contribution is -0.137. The molecule has 2 aromatic rings. The van der Waals surface area contributed by atoms with Gasteiger partial charge in [0.05, 0.1) is 17.8 Å². The lowest BCUT2D eigenvalue weighted by Crippen LogP contribution is -2.48. The number of alkyl halides is 3. The molecule has 0 atom stereocenters. The van der Waals surface area contributed by atoms with Crippen molar-refractivity contribution in [3.63, 3.8) is 0 Å². The van der Waals surface area contributed by atoms with Crippen molar-refractivity contribution >= 4 is 27.5 Å². The minimum atomic E-state index is -4.50. The zero-order valence-electron chi connectivity index (χ0n) is 15.2. The van der Waals surface area contributed by atoms with Crippen molar-refractivity contribution < 1.29 is 18.0 Å². The number of benzene rings is 2. The first-order valence-corrected chi connectivity index (χ1v) is 9.76. The average Bonchev–Trinajstić information content (AvgIpc) is 2.65. The van der Waals surface area contributed by atoms with E-state index in [2.05, 4.69) is 32.2 Å². The third-order valence-corrected chi connectivity index (χ3v) is 5.46. The number of anilines is 1. The van der Waals surface area contributed by atoms with E-state index in [1.165, 1.54) is 23.8 Å². The number of hydrogen-bond donors (Lipinski definition) is 1. The van der Waals surface area contributed by atoms with Crippen molar-refractivity contribution in [1.29, 1.82) is 0 Å². The number of carbonyl (C=O) groups excluding carboxylic acids is 1. The van der Waals surface area contributed by atoms with Crippen molar-refractivity contribution in [2.45, 2.75) is 12.7 Å². The highest BCUT2D eigenvalue weighted by molar-refractivity contribution is 9.10. The van der Waals surface area contributed by atoms with Crippen molar-refractivity contribution in [3.8, 4) is 0 Å². The Labute approximate surface area is 170 Å². The van der Waals surface area contributed by atoms with E-state index in [4.69, 9.17) is 0 Å². The van der Waals surface area contributed by atoms with Crippen LogP contribution in [0.5, 0.6) is 0 Å². The summed E-state index contributed by atoms with van der Waals surface area (Å²) in [6, 6.07) is 13.1. The Morgan fingerprint density at radius 3 is 2.25 bits per heavy atom. The van der Waals surface area contributed by atoms with Gasteiger partial charge in [-0.05, 0) is 23.8 Å². The second kappa shape index (κ2) is 9.07. The van der Waals surface area contributed by atoms with Crippen molar-refractivity contribution in [2.24, 2.45) is 0 Å². The minimum absolute atomic E-state index is 0.0784. The number of carbonyl (C=O) groups is 1. The van der Waals surface area contributed by atoms with Gasteiger partial charge in [-0.1, -0.05) is 46.3 Å². The fraction of sp³-hybridized carbons (Fsp3) is 0.350. The van der Waals surface area contributed by atoms with Crippen LogP contribution in [0.15, 0.2) is 53.0 Å². The van der Waals surface area contributed by atoms with E-state index in [0.717, 1.165) is 30.2 Å². The van der Waals surface area contributed by atoms with E-state index in [0.29, 0.717) is 13.1 Å². The number of amides is 1. The SMILES string of the molecule is O=C(CN1CCN(Cc2ccccc2Br)CC1)Nc1ccccc1C(F)(F)F. The first kappa shape index (κ1) is 20.8.